The number of aromatic nitrogens is 1. The van der Waals surface area contributed by atoms with E-state index in [0.29, 0.717) is 16.5 Å². The van der Waals surface area contributed by atoms with E-state index >= 15 is 0 Å². The van der Waals surface area contributed by atoms with Crippen LogP contribution < -0.4 is 11.1 Å². The molecule has 1 fully saturated rings. The standard InChI is InChI=1S/C16H21N3OS/c1-10-4-2-5-11(8-10)9-19-15(20)14-13(17)12-6-3-7-18-16(12)21-14/h3,6-7,10-11H,2,4-5,8-9,17H2,1H3,(H,19,20). The zero-order chi connectivity index (χ0) is 14.8. The number of nitrogens with zero attached hydrogens (tertiary/aromatic N) is 1. The summed E-state index contributed by atoms with van der Waals surface area (Å²) < 4.78 is 0. The molecule has 1 amide bonds. The van der Waals surface area contributed by atoms with Gasteiger partial charge in [0.25, 0.3) is 5.91 Å². The summed E-state index contributed by atoms with van der Waals surface area (Å²) in [4.78, 5) is 18.0. The van der Waals surface area contributed by atoms with E-state index in [0.717, 1.165) is 22.7 Å². The monoisotopic (exact) mass is 303 g/mol. The van der Waals surface area contributed by atoms with Crippen LogP contribution in [0.3, 0.4) is 0 Å². The maximum Gasteiger partial charge on any atom is 0.263 e. The van der Waals surface area contributed by atoms with E-state index in [2.05, 4.69) is 17.2 Å². The van der Waals surface area contributed by atoms with Gasteiger partial charge in [-0.2, -0.15) is 0 Å². The minimum atomic E-state index is -0.0614. The van der Waals surface area contributed by atoms with Gasteiger partial charge in [-0.05, 0) is 36.8 Å². The lowest BCUT2D eigenvalue weighted by Crippen LogP contribution is -2.31. The number of hydrogen-bond acceptors (Lipinski definition) is 4. The highest BCUT2D eigenvalue weighted by molar-refractivity contribution is 7.21. The van der Waals surface area contributed by atoms with Gasteiger partial charge in [-0.15, -0.1) is 11.3 Å². The molecule has 0 bridgehead atoms. The fourth-order valence-electron chi connectivity index (χ4n) is 3.18. The molecule has 1 aliphatic rings. The number of fused-ring (bicyclic) bond motifs is 1. The number of pyridine rings is 1. The summed E-state index contributed by atoms with van der Waals surface area (Å²) >= 11 is 1.37. The Morgan fingerprint density at radius 2 is 2.38 bits per heavy atom. The van der Waals surface area contributed by atoms with E-state index in [1.54, 1.807) is 6.20 Å². The molecule has 2 aromatic heterocycles. The summed E-state index contributed by atoms with van der Waals surface area (Å²) in [5.41, 5.74) is 6.63. The van der Waals surface area contributed by atoms with Crippen LogP contribution >= 0.6 is 11.3 Å². The Morgan fingerprint density at radius 3 is 3.14 bits per heavy atom. The Balaban J connectivity index is 1.68. The highest BCUT2D eigenvalue weighted by atomic mass is 32.1. The fourth-order valence-corrected chi connectivity index (χ4v) is 4.16. The molecule has 0 saturated heterocycles. The highest BCUT2D eigenvalue weighted by Crippen LogP contribution is 2.32. The summed E-state index contributed by atoms with van der Waals surface area (Å²) in [6.45, 7) is 3.05. The molecular weight excluding hydrogens is 282 g/mol. The Morgan fingerprint density at radius 1 is 1.52 bits per heavy atom. The van der Waals surface area contributed by atoms with Crippen molar-refractivity contribution in [3.63, 3.8) is 0 Å². The number of carbonyl (C=O) groups is 1. The van der Waals surface area contributed by atoms with Crippen molar-refractivity contribution in [1.82, 2.24) is 10.3 Å². The van der Waals surface area contributed by atoms with Crippen LogP contribution in [0.5, 0.6) is 0 Å². The number of nitrogens with two attached hydrogens (primary N) is 1. The van der Waals surface area contributed by atoms with Crippen molar-refractivity contribution >= 4 is 33.1 Å². The first kappa shape index (κ1) is 14.3. The van der Waals surface area contributed by atoms with Gasteiger partial charge in [-0.25, -0.2) is 4.98 Å². The number of carbonyl (C=O) groups excluding carboxylic acids is 1. The van der Waals surface area contributed by atoms with Crippen molar-refractivity contribution in [2.45, 2.75) is 32.6 Å². The molecule has 0 aromatic carbocycles. The number of hydrogen-bond donors (Lipinski definition) is 2. The van der Waals surface area contributed by atoms with Crippen LogP contribution in [0, 0.1) is 11.8 Å². The summed E-state index contributed by atoms with van der Waals surface area (Å²) in [5, 5.41) is 3.93. The largest absolute Gasteiger partial charge is 0.397 e. The maximum atomic E-state index is 12.4. The third-order valence-electron chi connectivity index (χ3n) is 4.31. The van der Waals surface area contributed by atoms with E-state index in [4.69, 9.17) is 5.73 Å². The van der Waals surface area contributed by atoms with Crippen LogP contribution in [0.25, 0.3) is 10.2 Å². The summed E-state index contributed by atoms with van der Waals surface area (Å²) in [7, 11) is 0. The molecule has 1 saturated carbocycles. The number of anilines is 1. The molecule has 3 rings (SSSR count). The smallest absolute Gasteiger partial charge is 0.263 e. The second-order valence-corrected chi connectivity index (χ2v) is 7.05. The van der Waals surface area contributed by atoms with E-state index in [9.17, 15) is 4.79 Å². The lowest BCUT2D eigenvalue weighted by Gasteiger charge is -2.26. The van der Waals surface area contributed by atoms with Crippen LogP contribution in [-0.2, 0) is 0 Å². The maximum absolute atomic E-state index is 12.4. The van der Waals surface area contributed by atoms with Crippen LogP contribution in [0.4, 0.5) is 5.69 Å². The van der Waals surface area contributed by atoms with Crippen molar-refractivity contribution in [2.75, 3.05) is 12.3 Å². The van der Waals surface area contributed by atoms with Crippen molar-refractivity contribution in [1.29, 1.82) is 0 Å². The molecule has 2 unspecified atom stereocenters. The average molecular weight is 303 g/mol. The molecule has 0 aliphatic heterocycles. The first-order valence-electron chi connectivity index (χ1n) is 7.56. The molecule has 0 radical (unpaired) electrons. The number of nitrogens with one attached hydrogen (secondary N) is 1. The molecule has 2 atom stereocenters. The van der Waals surface area contributed by atoms with Crippen molar-refractivity contribution in [3.05, 3.63) is 23.2 Å². The third kappa shape index (κ3) is 3.02. The van der Waals surface area contributed by atoms with Crippen molar-refractivity contribution in [3.8, 4) is 0 Å². The highest BCUT2D eigenvalue weighted by Gasteiger charge is 2.21. The molecule has 2 aromatic rings. The summed E-state index contributed by atoms with van der Waals surface area (Å²) in [6.07, 6.45) is 6.75. The second-order valence-electron chi connectivity index (χ2n) is 6.05. The van der Waals surface area contributed by atoms with Crippen molar-refractivity contribution in [2.24, 2.45) is 11.8 Å². The molecule has 2 heterocycles. The summed E-state index contributed by atoms with van der Waals surface area (Å²) in [5.74, 6) is 1.32. The van der Waals surface area contributed by atoms with Gasteiger partial charge >= 0.3 is 0 Å². The molecule has 21 heavy (non-hydrogen) atoms. The predicted molar refractivity (Wildman–Crippen MR) is 87.5 cm³/mol. The second kappa shape index (κ2) is 6.02. The number of amides is 1. The van der Waals surface area contributed by atoms with Crippen LogP contribution in [0.1, 0.15) is 42.3 Å². The zero-order valence-electron chi connectivity index (χ0n) is 12.3. The average Bonchev–Trinajstić information content (AvgIpc) is 2.83. The SMILES string of the molecule is CC1CCCC(CNC(=O)c2sc3ncccc3c2N)C1. The zero-order valence-corrected chi connectivity index (χ0v) is 13.1. The van der Waals surface area contributed by atoms with Gasteiger partial charge in [-0.3, -0.25) is 4.79 Å². The van der Waals surface area contributed by atoms with Gasteiger partial charge in [0.15, 0.2) is 0 Å². The lowest BCUT2D eigenvalue weighted by atomic mass is 9.82. The van der Waals surface area contributed by atoms with Gasteiger partial charge in [0.1, 0.15) is 9.71 Å². The molecule has 4 nitrogen and oxygen atoms in total. The molecule has 112 valence electrons. The normalized spacial score (nSPS) is 22.3. The number of thiophene rings is 1. The lowest BCUT2D eigenvalue weighted by molar-refractivity contribution is 0.0945. The number of rotatable bonds is 3. The minimum absolute atomic E-state index is 0.0614. The fraction of sp³-hybridized carbons (Fsp3) is 0.500. The Bertz CT molecular complexity index is 652. The number of nitrogen functional groups attached to an aromatic ring is 1. The van der Waals surface area contributed by atoms with E-state index < -0.39 is 0 Å². The Kier molecular flexibility index (Phi) is 4.10. The quantitative estimate of drug-likeness (QED) is 0.912. The minimum Gasteiger partial charge on any atom is -0.397 e. The molecule has 1 aliphatic carbocycles. The van der Waals surface area contributed by atoms with Gasteiger partial charge < -0.3 is 11.1 Å². The molecular formula is C16H21N3OS. The van der Waals surface area contributed by atoms with Crippen LogP contribution in [0.15, 0.2) is 18.3 Å². The Labute approximate surface area is 128 Å². The first-order valence-corrected chi connectivity index (χ1v) is 8.38. The van der Waals surface area contributed by atoms with Crippen LogP contribution in [-0.4, -0.2) is 17.4 Å². The molecule has 3 N–H and O–H groups in total. The van der Waals surface area contributed by atoms with Crippen molar-refractivity contribution < 1.29 is 4.79 Å². The molecule has 0 spiro atoms. The summed E-state index contributed by atoms with van der Waals surface area (Å²) in [6, 6.07) is 3.75. The van der Waals surface area contributed by atoms with E-state index in [-0.39, 0.29) is 5.91 Å². The van der Waals surface area contributed by atoms with Gasteiger partial charge in [0, 0.05) is 18.1 Å². The van der Waals surface area contributed by atoms with Gasteiger partial charge in [-0.1, -0.05) is 19.8 Å². The van der Waals surface area contributed by atoms with Gasteiger partial charge in [0.05, 0.1) is 5.69 Å². The van der Waals surface area contributed by atoms with Crippen LogP contribution in [0.2, 0.25) is 0 Å². The molecule has 5 heteroatoms. The van der Waals surface area contributed by atoms with E-state index in [1.165, 1.54) is 37.0 Å². The topological polar surface area (TPSA) is 68.0 Å². The Hall–Kier alpha value is -1.62. The van der Waals surface area contributed by atoms with Gasteiger partial charge in [0.2, 0.25) is 0 Å². The predicted octanol–water partition coefficient (Wildman–Crippen LogP) is 3.43. The third-order valence-corrected chi connectivity index (χ3v) is 5.44. The first-order chi connectivity index (χ1) is 10.1. The van der Waals surface area contributed by atoms with E-state index in [1.807, 2.05) is 12.1 Å².